The van der Waals surface area contributed by atoms with Gasteiger partial charge in [0, 0.05) is 23.0 Å². The van der Waals surface area contributed by atoms with Gasteiger partial charge in [0.05, 0.1) is 4.88 Å². The minimum atomic E-state index is -0.804. The van der Waals surface area contributed by atoms with Crippen molar-refractivity contribution in [1.82, 2.24) is 10.6 Å². The van der Waals surface area contributed by atoms with Crippen LogP contribution in [0.3, 0.4) is 0 Å². The molecule has 1 radical (unpaired) electrons. The number of benzene rings is 4. The minimum absolute atomic E-state index is 0.153. The quantitative estimate of drug-likeness (QED) is 0.178. The van der Waals surface area contributed by atoms with Crippen LogP contribution in [0.4, 0.5) is 10.5 Å². The molecule has 0 spiro atoms. The molecule has 5 aromatic rings. The first-order chi connectivity index (χ1) is 19.5. The van der Waals surface area contributed by atoms with Crippen molar-refractivity contribution in [2.45, 2.75) is 25.5 Å². The number of hydrogen-bond acceptors (Lipinski definition) is 5. The third-order valence-electron chi connectivity index (χ3n) is 6.36. The largest absolute Gasteiger partial charge is 0.445 e. The first-order valence-electron chi connectivity index (χ1n) is 13.0. The lowest BCUT2D eigenvalue weighted by Gasteiger charge is -2.18. The highest BCUT2D eigenvalue weighted by Gasteiger charge is 2.22. The van der Waals surface area contributed by atoms with Gasteiger partial charge in [-0.05, 0) is 58.8 Å². The molecule has 201 valence electrons. The van der Waals surface area contributed by atoms with E-state index in [0.29, 0.717) is 23.4 Å². The Labute approximate surface area is 236 Å². The van der Waals surface area contributed by atoms with Crippen molar-refractivity contribution < 1.29 is 19.1 Å². The lowest BCUT2D eigenvalue weighted by atomic mass is 10.1. The Morgan fingerprint density at radius 1 is 0.850 bits per heavy atom. The molecule has 1 atom stereocenters. The molecular formula is C32H28N3O4S. The second kappa shape index (κ2) is 12.9. The fourth-order valence-electron chi connectivity index (χ4n) is 4.31. The van der Waals surface area contributed by atoms with Crippen LogP contribution in [0.15, 0.2) is 97.1 Å². The zero-order chi connectivity index (χ0) is 27.7. The van der Waals surface area contributed by atoms with Crippen LogP contribution < -0.4 is 16.0 Å². The molecule has 0 fully saturated rings. The van der Waals surface area contributed by atoms with E-state index in [1.807, 2.05) is 72.8 Å². The summed E-state index contributed by atoms with van der Waals surface area (Å²) in [6.07, 6.45) is 0.233. The van der Waals surface area contributed by atoms with Gasteiger partial charge in [0.25, 0.3) is 5.91 Å². The summed E-state index contributed by atoms with van der Waals surface area (Å²) in [5, 5.41) is 11.6. The third kappa shape index (κ3) is 7.03. The first-order valence-corrected chi connectivity index (χ1v) is 13.8. The smallest absolute Gasteiger partial charge is 0.407 e. The molecule has 0 bridgehead atoms. The van der Waals surface area contributed by atoms with Crippen molar-refractivity contribution in [3.05, 3.63) is 114 Å². The van der Waals surface area contributed by atoms with E-state index in [-0.39, 0.29) is 25.0 Å². The zero-order valence-corrected chi connectivity index (χ0v) is 22.5. The summed E-state index contributed by atoms with van der Waals surface area (Å²) in [7, 11) is 0. The number of hydrogen-bond donors (Lipinski definition) is 3. The maximum absolute atomic E-state index is 13.1. The van der Waals surface area contributed by atoms with Crippen LogP contribution in [0.5, 0.6) is 0 Å². The van der Waals surface area contributed by atoms with Crippen molar-refractivity contribution in [1.29, 1.82) is 0 Å². The number of carbonyl (C=O) groups is 3. The van der Waals surface area contributed by atoms with E-state index in [1.165, 1.54) is 11.3 Å². The van der Waals surface area contributed by atoms with Crippen LogP contribution in [-0.4, -0.2) is 30.5 Å². The Morgan fingerprint density at radius 2 is 1.62 bits per heavy atom. The van der Waals surface area contributed by atoms with Gasteiger partial charge >= 0.3 is 6.09 Å². The van der Waals surface area contributed by atoms with Gasteiger partial charge in [-0.1, -0.05) is 72.8 Å². The predicted molar refractivity (Wildman–Crippen MR) is 158 cm³/mol. The topological polar surface area (TPSA) is 96.5 Å². The molecule has 3 N–H and O–H groups in total. The Kier molecular flexibility index (Phi) is 8.68. The second-order valence-electron chi connectivity index (χ2n) is 9.27. The van der Waals surface area contributed by atoms with E-state index in [9.17, 15) is 14.4 Å². The highest BCUT2D eigenvalue weighted by molar-refractivity contribution is 7.20. The van der Waals surface area contributed by atoms with Crippen molar-refractivity contribution in [2.75, 3.05) is 11.9 Å². The monoisotopic (exact) mass is 550 g/mol. The highest BCUT2D eigenvalue weighted by Crippen LogP contribution is 2.25. The highest BCUT2D eigenvalue weighted by atomic mass is 32.1. The van der Waals surface area contributed by atoms with Gasteiger partial charge in [-0.25, -0.2) is 4.79 Å². The van der Waals surface area contributed by atoms with E-state index in [4.69, 9.17) is 4.74 Å². The van der Waals surface area contributed by atoms with E-state index >= 15 is 0 Å². The van der Waals surface area contributed by atoms with Gasteiger partial charge in [-0.3, -0.25) is 9.59 Å². The molecule has 5 rings (SSSR count). The average Bonchev–Trinajstić information content (AvgIpc) is 3.43. The number of ether oxygens (including phenoxy) is 1. The molecule has 0 aliphatic carbocycles. The van der Waals surface area contributed by atoms with Crippen molar-refractivity contribution in [3.63, 3.8) is 0 Å². The molecular weight excluding hydrogens is 522 g/mol. The van der Waals surface area contributed by atoms with Gasteiger partial charge < -0.3 is 20.7 Å². The summed E-state index contributed by atoms with van der Waals surface area (Å²) < 4.78 is 6.36. The number of nitrogens with one attached hydrogen (secondary N) is 3. The summed E-state index contributed by atoms with van der Waals surface area (Å²) in [6.45, 7) is 0.442. The van der Waals surface area contributed by atoms with Crippen LogP contribution in [-0.2, 0) is 16.1 Å². The van der Waals surface area contributed by atoms with E-state index < -0.39 is 12.1 Å². The van der Waals surface area contributed by atoms with Gasteiger partial charge in [0.15, 0.2) is 0 Å². The number of alkyl carbamates (subject to hydrolysis) is 1. The van der Waals surface area contributed by atoms with E-state index in [2.05, 4.69) is 22.0 Å². The number of thiophene rings is 1. The number of carbonyl (C=O) groups excluding carboxylic acids is 3. The standard InChI is InChI=1S/C32H28N3O4S/c36-30(34-26-12-2-1-3-13-26)27(35-31(37)29-20-25-11-6-7-15-28(25)40-29)14-8-18-33-32(38)39-21-22-16-17-23-9-4-5-10-24(23)19-22/h1-7,9-12,15-17,19-20,27H,8,14,18,21H2,(H,33,38)(H,34,36)(H,35,37)/t27-/m0/s1. The Morgan fingerprint density at radius 3 is 2.42 bits per heavy atom. The number of amides is 3. The molecule has 8 heteroatoms. The van der Waals surface area contributed by atoms with E-state index in [0.717, 1.165) is 26.4 Å². The average molecular weight is 551 g/mol. The number of fused-ring (bicyclic) bond motifs is 2. The van der Waals surface area contributed by atoms with Crippen molar-refractivity contribution >= 4 is 55.8 Å². The minimum Gasteiger partial charge on any atom is -0.445 e. The van der Waals surface area contributed by atoms with Crippen LogP contribution in [0, 0.1) is 6.07 Å². The van der Waals surface area contributed by atoms with Gasteiger partial charge in [-0.15, -0.1) is 11.3 Å². The zero-order valence-electron chi connectivity index (χ0n) is 21.7. The summed E-state index contributed by atoms with van der Waals surface area (Å²) in [4.78, 5) is 38.9. The lowest BCUT2D eigenvalue weighted by molar-refractivity contribution is -0.118. The van der Waals surface area contributed by atoms with Gasteiger partial charge in [0.1, 0.15) is 12.6 Å². The van der Waals surface area contributed by atoms with Crippen LogP contribution in [0.1, 0.15) is 28.1 Å². The summed E-state index contributed by atoms with van der Waals surface area (Å²) in [5.74, 6) is -0.670. The molecule has 1 heterocycles. The second-order valence-corrected chi connectivity index (χ2v) is 10.4. The number of rotatable bonds is 10. The maximum atomic E-state index is 13.1. The normalized spacial score (nSPS) is 11.6. The third-order valence-corrected chi connectivity index (χ3v) is 7.48. The number of anilines is 1. The SMILES string of the molecule is O=C(NCCC[C@H](NC(=O)c1cc2ccccc2s1)C(=O)Nc1[c]cccc1)OCc1ccc2ccccc2c1. The van der Waals surface area contributed by atoms with E-state index in [1.54, 1.807) is 24.3 Å². The first kappa shape index (κ1) is 26.9. The molecule has 1 aromatic heterocycles. The Balaban J connectivity index is 1.14. The molecule has 0 unspecified atom stereocenters. The molecule has 0 saturated heterocycles. The van der Waals surface area contributed by atoms with Crippen LogP contribution in [0.2, 0.25) is 0 Å². The van der Waals surface area contributed by atoms with Crippen molar-refractivity contribution in [3.8, 4) is 0 Å². The summed E-state index contributed by atoms with van der Waals surface area (Å²) in [5.41, 5.74) is 1.41. The number of para-hydroxylation sites is 1. The van der Waals surface area contributed by atoms with Crippen molar-refractivity contribution in [2.24, 2.45) is 0 Å². The molecule has 3 amide bonds. The van der Waals surface area contributed by atoms with Crippen LogP contribution >= 0.6 is 11.3 Å². The van der Waals surface area contributed by atoms with Gasteiger partial charge in [0.2, 0.25) is 5.91 Å². The molecule has 0 saturated carbocycles. The fraction of sp³-hybridized carbons (Fsp3) is 0.156. The lowest BCUT2D eigenvalue weighted by Crippen LogP contribution is -2.44. The molecule has 0 aliphatic heterocycles. The molecule has 40 heavy (non-hydrogen) atoms. The maximum Gasteiger partial charge on any atom is 0.407 e. The fourth-order valence-corrected chi connectivity index (χ4v) is 5.27. The summed E-state index contributed by atoms with van der Waals surface area (Å²) >= 11 is 1.38. The van der Waals surface area contributed by atoms with Gasteiger partial charge in [-0.2, -0.15) is 0 Å². The molecule has 4 aromatic carbocycles. The molecule has 7 nitrogen and oxygen atoms in total. The summed E-state index contributed by atoms with van der Waals surface area (Å²) in [6, 6.07) is 32.7. The predicted octanol–water partition coefficient (Wildman–Crippen LogP) is 6.30. The Hall–Kier alpha value is -4.69. The molecule has 0 aliphatic rings. The Bertz CT molecular complexity index is 1600. The van der Waals surface area contributed by atoms with Crippen LogP contribution in [0.25, 0.3) is 20.9 Å².